The molecular formula is C13H32N2O3Si. The lowest BCUT2D eigenvalue weighted by Gasteiger charge is -2.28. The molecule has 0 aliphatic heterocycles. The Morgan fingerprint density at radius 1 is 1.00 bits per heavy atom. The second-order valence-corrected chi connectivity index (χ2v) is 7.19. The van der Waals surface area contributed by atoms with Gasteiger partial charge in [-0.05, 0) is 40.2 Å². The molecule has 3 N–H and O–H groups in total. The summed E-state index contributed by atoms with van der Waals surface area (Å²) in [5.41, 5.74) is 5.86. The van der Waals surface area contributed by atoms with Gasteiger partial charge >= 0.3 is 8.80 Å². The van der Waals surface area contributed by atoms with Gasteiger partial charge in [-0.1, -0.05) is 6.92 Å². The van der Waals surface area contributed by atoms with Gasteiger partial charge in [0.15, 0.2) is 0 Å². The van der Waals surface area contributed by atoms with Crippen molar-refractivity contribution in [3.8, 4) is 0 Å². The van der Waals surface area contributed by atoms with Crippen LogP contribution in [0.5, 0.6) is 0 Å². The van der Waals surface area contributed by atoms with Crippen LogP contribution < -0.4 is 11.1 Å². The molecule has 1 unspecified atom stereocenters. The van der Waals surface area contributed by atoms with Crippen molar-refractivity contribution in [2.24, 2.45) is 5.73 Å². The van der Waals surface area contributed by atoms with Crippen LogP contribution in [0.25, 0.3) is 0 Å². The van der Waals surface area contributed by atoms with Crippen LogP contribution in [0.2, 0.25) is 6.04 Å². The molecule has 6 heteroatoms. The first-order valence-electron chi connectivity index (χ1n) is 7.52. The van der Waals surface area contributed by atoms with Gasteiger partial charge in [0.1, 0.15) is 0 Å². The highest BCUT2D eigenvalue weighted by atomic mass is 28.4. The van der Waals surface area contributed by atoms with Gasteiger partial charge in [-0.15, -0.1) is 0 Å². The summed E-state index contributed by atoms with van der Waals surface area (Å²) in [4.78, 5) is 0. The SMILES string of the molecule is CCO[Si](CCCNCC(N)CC)(OCC)OCC. The van der Waals surface area contributed by atoms with Crippen molar-refractivity contribution in [1.82, 2.24) is 5.32 Å². The number of hydrogen-bond donors (Lipinski definition) is 2. The molecule has 5 nitrogen and oxygen atoms in total. The fourth-order valence-electron chi connectivity index (χ4n) is 1.86. The fraction of sp³-hybridized carbons (Fsp3) is 1.00. The van der Waals surface area contributed by atoms with Crippen LogP contribution in [0, 0.1) is 0 Å². The third-order valence-electron chi connectivity index (χ3n) is 2.86. The van der Waals surface area contributed by atoms with Gasteiger partial charge in [0.05, 0.1) is 0 Å². The first kappa shape index (κ1) is 19.0. The third kappa shape index (κ3) is 8.72. The van der Waals surface area contributed by atoms with Crippen LogP contribution in [0.4, 0.5) is 0 Å². The molecule has 0 aromatic heterocycles. The Morgan fingerprint density at radius 3 is 1.95 bits per heavy atom. The highest BCUT2D eigenvalue weighted by Crippen LogP contribution is 2.17. The zero-order chi connectivity index (χ0) is 14.6. The minimum Gasteiger partial charge on any atom is -0.374 e. The van der Waals surface area contributed by atoms with E-state index in [-0.39, 0.29) is 6.04 Å². The smallest absolute Gasteiger partial charge is 0.374 e. The molecule has 0 aromatic carbocycles. The van der Waals surface area contributed by atoms with Crippen LogP contribution in [0.15, 0.2) is 0 Å². The fourth-order valence-corrected chi connectivity index (χ4v) is 4.48. The standard InChI is InChI=1S/C13H32N2O3Si/c1-5-13(14)12-15-10-9-11-19(16-6-2,17-7-3)18-8-4/h13,15H,5-12,14H2,1-4H3. The molecule has 0 saturated heterocycles. The van der Waals surface area contributed by atoms with Crippen molar-refractivity contribution in [2.45, 2.75) is 52.6 Å². The van der Waals surface area contributed by atoms with E-state index >= 15 is 0 Å². The molecule has 0 spiro atoms. The molecule has 0 aliphatic rings. The summed E-state index contributed by atoms with van der Waals surface area (Å²) in [6.45, 7) is 11.8. The molecule has 116 valence electrons. The number of nitrogens with one attached hydrogen (secondary N) is 1. The summed E-state index contributed by atoms with van der Waals surface area (Å²) >= 11 is 0. The van der Waals surface area contributed by atoms with Crippen molar-refractivity contribution in [1.29, 1.82) is 0 Å². The van der Waals surface area contributed by atoms with E-state index in [9.17, 15) is 0 Å². The summed E-state index contributed by atoms with van der Waals surface area (Å²) in [7, 11) is -2.45. The topological polar surface area (TPSA) is 65.7 Å². The largest absolute Gasteiger partial charge is 0.500 e. The Morgan fingerprint density at radius 2 is 1.53 bits per heavy atom. The minimum absolute atomic E-state index is 0.243. The number of nitrogens with two attached hydrogens (primary N) is 1. The Kier molecular flexibility index (Phi) is 11.8. The van der Waals surface area contributed by atoms with E-state index in [1.54, 1.807) is 0 Å². The lowest BCUT2D eigenvalue weighted by molar-refractivity contribution is 0.0708. The zero-order valence-electron chi connectivity index (χ0n) is 13.0. The average Bonchev–Trinajstić information content (AvgIpc) is 2.39. The van der Waals surface area contributed by atoms with Gasteiger partial charge in [-0.3, -0.25) is 0 Å². The van der Waals surface area contributed by atoms with Crippen molar-refractivity contribution in [2.75, 3.05) is 32.9 Å². The maximum absolute atomic E-state index is 5.86. The molecule has 0 amide bonds. The van der Waals surface area contributed by atoms with Gasteiger partial charge in [-0.25, -0.2) is 0 Å². The molecule has 0 heterocycles. The maximum Gasteiger partial charge on any atom is 0.500 e. The van der Waals surface area contributed by atoms with E-state index < -0.39 is 8.80 Å². The van der Waals surface area contributed by atoms with Crippen molar-refractivity contribution in [3.05, 3.63) is 0 Å². The van der Waals surface area contributed by atoms with Crippen molar-refractivity contribution >= 4 is 8.80 Å². The predicted octanol–water partition coefficient (Wildman–Crippen LogP) is 1.75. The average molecular weight is 292 g/mol. The van der Waals surface area contributed by atoms with E-state index in [2.05, 4.69) is 12.2 Å². The molecule has 1 atom stereocenters. The Balaban J connectivity index is 4.03. The monoisotopic (exact) mass is 292 g/mol. The second-order valence-electron chi connectivity index (χ2n) is 4.46. The maximum atomic E-state index is 5.86. The lowest BCUT2D eigenvalue weighted by Crippen LogP contribution is -2.46. The molecule has 0 rings (SSSR count). The molecule has 0 saturated carbocycles. The summed E-state index contributed by atoms with van der Waals surface area (Å²) in [5, 5.41) is 3.37. The second kappa shape index (κ2) is 11.8. The van der Waals surface area contributed by atoms with Gasteiger partial charge in [0, 0.05) is 38.5 Å². The normalized spacial score (nSPS) is 13.7. The van der Waals surface area contributed by atoms with Crippen LogP contribution in [-0.4, -0.2) is 47.8 Å². The highest BCUT2D eigenvalue weighted by molar-refractivity contribution is 6.60. The predicted molar refractivity (Wildman–Crippen MR) is 81.2 cm³/mol. The zero-order valence-corrected chi connectivity index (χ0v) is 14.0. The number of rotatable bonds is 13. The molecule has 0 aromatic rings. The van der Waals surface area contributed by atoms with Crippen LogP contribution in [0.3, 0.4) is 0 Å². The van der Waals surface area contributed by atoms with Crippen LogP contribution >= 0.6 is 0 Å². The number of hydrogen-bond acceptors (Lipinski definition) is 5. The molecule has 0 bridgehead atoms. The highest BCUT2D eigenvalue weighted by Gasteiger charge is 2.39. The summed E-state index contributed by atoms with van der Waals surface area (Å²) in [6.07, 6.45) is 1.99. The minimum atomic E-state index is -2.45. The summed E-state index contributed by atoms with van der Waals surface area (Å²) in [5.74, 6) is 0. The first-order valence-corrected chi connectivity index (χ1v) is 9.45. The Bertz CT molecular complexity index is 191. The molecular weight excluding hydrogens is 260 g/mol. The van der Waals surface area contributed by atoms with E-state index in [1.807, 2.05) is 20.8 Å². The first-order chi connectivity index (χ1) is 9.14. The van der Waals surface area contributed by atoms with Crippen LogP contribution in [-0.2, 0) is 13.3 Å². The van der Waals surface area contributed by atoms with E-state index in [4.69, 9.17) is 19.0 Å². The Hall–Kier alpha value is 0.0169. The quantitative estimate of drug-likeness (QED) is 0.400. The third-order valence-corrected chi connectivity index (χ3v) is 6.01. The van der Waals surface area contributed by atoms with Gasteiger partial charge in [0.25, 0.3) is 0 Å². The lowest BCUT2D eigenvalue weighted by atomic mass is 10.2. The Labute approximate surface area is 119 Å². The molecule has 19 heavy (non-hydrogen) atoms. The van der Waals surface area contributed by atoms with E-state index in [0.717, 1.165) is 32.0 Å². The van der Waals surface area contributed by atoms with E-state index in [1.165, 1.54) is 0 Å². The van der Waals surface area contributed by atoms with Crippen LogP contribution in [0.1, 0.15) is 40.5 Å². The molecule has 0 aliphatic carbocycles. The van der Waals surface area contributed by atoms with Crippen molar-refractivity contribution < 1.29 is 13.3 Å². The molecule has 0 fully saturated rings. The van der Waals surface area contributed by atoms with Gasteiger partial charge in [-0.2, -0.15) is 0 Å². The van der Waals surface area contributed by atoms with Gasteiger partial charge in [0.2, 0.25) is 0 Å². The molecule has 0 radical (unpaired) electrons. The summed E-state index contributed by atoms with van der Waals surface area (Å²) < 4.78 is 17.4. The summed E-state index contributed by atoms with van der Waals surface area (Å²) in [6, 6.07) is 1.10. The van der Waals surface area contributed by atoms with E-state index in [0.29, 0.717) is 19.8 Å². The van der Waals surface area contributed by atoms with Gasteiger partial charge < -0.3 is 24.3 Å². The van der Waals surface area contributed by atoms with Crippen molar-refractivity contribution in [3.63, 3.8) is 0 Å².